The molecule has 1 aromatic heterocycles. The van der Waals surface area contributed by atoms with Crippen molar-refractivity contribution in [1.82, 2.24) is 4.98 Å². The lowest BCUT2D eigenvalue weighted by Gasteiger charge is -2.16. The number of nitrogens with two attached hydrogens (primary N) is 1. The first kappa shape index (κ1) is 10.6. The van der Waals surface area contributed by atoms with Crippen LogP contribution in [0.5, 0.6) is 0 Å². The van der Waals surface area contributed by atoms with Crippen molar-refractivity contribution in [3.05, 3.63) is 29.6 Å². The molecule has 0 amide bonds. The van der Waals surface area contributed by atoms with Gasteiger partial charge in [0.1, 0.15) is 0 Å². The molecular weight excluding hydrogens is 184 g/mol. The molecule has 0 aromatic carbocycles. The Balaban J connectivity index is 3.13. The summed E-state index contributed by atoms with van der Waals surface area (Å²) in [6.07, 6.45) is 1.93. The highest BCUT2D eigenvalue weighted by molar-refractivity contribution is 5.89. The van der Waals surface area contributed by atoms with Crippen molar-refractivity contribution in [3.63, 3.8) is 0 Å². The second kappa shape index (κ2) is 4.17. The van der Waals surface area contributed by atoms with Gasteiger partial charge in [0, 0.05) is 18.0 Å². The van der Waals surface area contributed by atoms with Crippen LogP contribution in [0.2, 0.25) is 0 Å². The lowest BCUT2D eigenvalue weighted by atomic mass is 10.0. The molecule has 0 spiro atoms. The van der Waals surface area contributed by atoms with E-state index in [1.165, 1.54) is 25.4 Å². The summed E-state index contributed by atoms with van der Waals surface area (Å²) in [5, 5.41) is 18.1. The van der Waals surface area contributed by atoms with Crippen molar-refractivity contribution in [1.29, 1.82) is 0 Å². The van der Waals surface area contributed by atoms with E-state index < -0.39 is 18.1 Å². The number of carboxylic acids is 1. The van der Waals surface area contributed by atoms with Crippen LogP contribution in [-0.2, 0) is 0 Å². The highest BCUT2D eigenvalue weighted by atomic mass is 16.4. The maximum absolute atomic E-state index is 10.8. The lowest BCUT2D eigenvalue weighted by Crippen LogP contribution is -2.25. The molecule has 14 heavy (non-hydrogen) atoms. The van der Waals surface area contributed by atoms with Crippen LogP contribution in [0.15, 0.2) is 18.5 Å². The minimum atomic E-state index is -1.07. The fraction of sp³-hybridized carbons (Fsp3) is 0.333. The highest BCUT2D eigenvalue weighted by Gasteiger charge is 2.19. The molecule has 2 atom stereocenters. The fourth-order valence-electron chi connectivity index (χ4n) is 1.13. The van der Waals surface area contributed by atoms with Crippen LogP contribution in [-0.4, -0.2) is 27.3 Å². The number of pyridine rings is 1. The van der Waals surface area contributed by atoms with Gasteiger partial charge >= 0.3 is 5.97 Å². The van der Waals surface area contributed by atoms with Crippen LogP contribution in [0.3, 0.4) is 0 Å². The Labute approximate surface area is 81.2 Å². The third kappa shape index (κ3) is 2.07. The zero-order valence-corrected chi connectivity index (χ0v) is 7.71. The van der Waals surface area contributed by atoms with E-state index in [-0.39, 0.29) is 5.56 Å². The van der Waals surface area contributed by atoms with Crippen molar-refractivity contribution in [2.75, 3.05) is 0 Å². The molecule has 1 rings (SSSR count). The van der Waals surface area contributed by atoms with Gasteiger partial charge < -0.3 is 15.9 Å². The molecule has 0 saturated heterocycles. The Kier molecular flexibility index (Phi) is 3.16. The van der Waals surface area contributed by atoms with Gasteiger partial charge in [0.25, 0.3) is 0 Å². The molecule has 1 heterocycles. The summed E-state index contributed by atoms with van der Waals surface area (Å²) >= 11 is 0. The van der Waals surface area contributed by atoms with Crippen molar-refractivity contribution in [2.24, 2.45) is 5.73 Å². The molecule has 0 aliphatic carbocycles. The average molecular weight is 196 g/mol. The van der Waals surface area contributed by atoms with Crippen LogP contribution in [0.25, 0.3) is 0 Å². The minimum Gasteiger partial charge on any atom is -0.478 e. The van der Waals surface area contributed by atoms with Gasteiger partial charge in [-0.2, -0.15) is 0 Å². The monoisotopic (exact) mass is 196 g/mol. The van der Waals surface area contributed by atoms with Gasteiger partial charge in [0.15, 0.2) is 0 Å². The van der Waals surface area contributed by atoms with Crippen molar-refractivity contribution in [2.45, 2.75) is 19.1 Å². The Hall–Kier alpha value is -1.46. The van der Waals surface area contributed by atoms with E-state index in [9.17, 15) is 9.90 Å². The Morgan fingerprint density at radius 3 is 2.79 bits per heavy atom. The third-order valence-corrected chi connectivity index (χ3v) is 1.96. The Bertz CT molecular complexity index is 339. The predicted octanol–water partition coefficient (Wildman–Crippen LogP) is 0.160. The second-order valence-corrected chi connectivity index (χ2v) is 3.03. The summed E-state index contributed by atoms with van der Waals surface area (Å²) in [5.41, 5.74) is 6.04. The van der Waals surface area contributed by atoms with Crippen LogP contribution < -0.4 is 5.73 Å². The highest BCUT2D eigenvalue weighted by Crippen LogP contribution is 2.17. The van der Waals surface area contributed by atoms with Gasteiger partial charge in [-0.3, -0.25) is 4.98 Å². The van der Waals surface area contributed by atoms with Crippen molar-refractivity contribution < 1.29 is 15.0 Å². The molecule has 0 radical (unpaired) electrons. The summed E-state index contributed by atoms with van der Waals surface area (Å²) in [5.74, 6) is -1.07. The number of carboxylic acid groups (broad SMARTS) is 1. The minimum absolute atomic E-state index is 0.0772. The van der Waals surface area contributed by atoms with Crippen LogP contribution >= 0.6 is 0 Å². The van der Waals surface area contributed by atoms with E-state index in [1.54, 1.807) is 0 Å². The van der Waals surface area contributed by atoms with Crippen LogP contribution in [0, 0.1) is 0 Å². The number of aliphatic hydroxyl groups is 1. The van der Waals surface area contributed by atoms with Gasteiger partial charge in [-0.15, -0.1) is 0 Å². The number of aliphatic hydroxyl groups excluding tert-OH is 1. The quantitative estimate of drug-likeness (QED) is 0.639. The molecule has 4 N–H and O–H groups in total. The SMILES string of the molecule is CC(O)C(N)c1cnccc1C(=O)O. The van der Waals surface area contributed by atoms with Gasteiger partial charge in [-0.25, -0.2) is 4.79 Å². The van der Waals surface area contributed by atoms with Gasteiger partial charge in [0.05, 0.1) is 17.7 Å². The second-order valence-electron chi connectivity index (χ2n) is 3.03. The average Bonchev–Trinajstić information content (AvgIpc) is 2.16. The smallest absolute Gasteiger partial charge is 0.336 e. The molecule has 76 valence electrons. The number of nitrogens with zero attached hydrogens (tertiary/aromatic N) is 1. The number of aromatic carboxylic acids is 1. The predicted molar refractivity (Wildman–Crippen MR) is 49.8 cm³/mol. The maximum Gasteiger partial charge on any atom is 0.336 e. The first-order chi connectivity index (χ1) is 6.54. The zero-order valence-electron chi connectivity index (χ0n) is 7.71. The van der Waals surface area contributed by atoms with Gasteiger partial charge in [0.2, 0.25) is 0 Å². The number of carbonyl (C=O) groups is 1. The molecule has 5 heteroatoms. The summed E-state index contributed by atoms with van der Waals surface area (Å²) in [6, 6.07) is 0.634. The Morgan fingerprint density at radius 2 is 2.29 bits per heavy atom. The van der Waals surface area contributed by atoms with Crippen molar-refractivity contribution in [3.8, 4) is 0 Å². The van der Waals surface area contributed by atoms with E-state index in [2.05, 4.69) is 4.98 Å². The first-order valence-electron chi connectivity index (χ1n) is 4.15. The molecule has 0 aliphatic rings. The number of hydrogen-bond acceptors (Lipinski definition) is 4. The molecular formula is C9H12N2O3. The topological polar surface area (TPSA) is 96.4 Å². The molecule has 0 bridgehead atoms. The summed E-state index contributed by atoms with van der Waals surface area (Å²) in [4.78, 5) is 14.6. The van der Waals surface area contributed by atoms with E-state index in [0.29, 0.717) is 5.56 Å². The van der Waals surface area contributed by atoms with E-state index in [4.69, 9.17) is 10.8 Å². The maximum atomic E-state index is 10.8. The van der Waals surface area contributed by atoms with Gasteiger partial charge in [-0.1, -0.05) is 0 Å². The van der Waals surface area contributed by atoms with Gasteiger partial charge in [-0.05, 0) is 13.0 Å². The summed E-state index contributed by atoms with van der Waals surface area (Å²) < 4.78 is 0. The molecule has 0 aliphatic heterocycles. The summed E-state index contributed by atoms with van der Waals surface area (Å²) in [7, 11) is 0. The van der Waals surface area contributed by atoms with E-state index in [1.807, 2.05) is 0 Å². The zero-order chi connectivity index (χ0) is 10.7. The molecule has 2 unspecified atom stereocenters. The van der Waals surface area contributed by atoms with E-state index in [0.717, 1.165) is 0 Å². The molecule has 5 nitrogen and oxygen atoms in total. The van der Waals surface area contributed by atoms with Crippen LogP contribution in [0.1, 0.15) is 28.9 Å². The molecule has 1 aromatic rings. The number of aromatic nitrogens is 1. The summed E-state index contributed by atoms with van der Waals surface area (Å²) in [6.45, 7) is 1.50. The normalized spacial score (nSPS) is 14.8. The number of hydrogen-bond donors (Lipinski definition) is 3. The standard InChI is InChI=1S/C9H12N2O3/c1-5(12)8(10)7-4-11-3-2-6(7)9(13)14/h2-5,8,12H,10H2,1H3,(H,13,14). The molecule has 0 fully saturated rings. The Morgan fingerprint density at radius 1 is 1.64 bits per heavy atom. The fourth-order valence-corrected chi connectivity index (χ4v) is 1.13. The number of rotatable bonds is 3. The van der Waals surface area contributed by atoms with E-state index >= 15 is 0 Å². The van der Waals surface area contributed by atoms with Crippen molar-refractivity contribution >= 4 is 5.97 Å². The molecule has 0 saturated carbocycles. The third-order valence-electron chi connectivity index (χ3n) is 1.96. The van der Waals surface area contributed by atoms with Crippen LogP contribution in [0.4, 0.5) is 0 Å². The largest absolute Gasteiger partial charge is 0.478 e. The lowest BCUT2D eigenvalue weighted by molar-refractivity contribution is 0.0693. The first-order valence-corrected chi connectivity index (χ1v) is 4.15.